The second-order valence-electron chi connectivity index (χ2n) is 19.3. The Balaban J connectivity index is 0.955. The minimum atomic E-state index is -0.173. The summed E-state index contributed by atoms with van der Waals surface area (Å²) in [5.74, 6) is 1.25. The van der Waals surface area contributed by atoms with Crippen molar-refractivity contribution in [2.75, 3.05) is 73.1 Å². The van der Waals surface area contributed by atoms with Crippen molar-refractivity contribution in [1.29, 1.82) is 0 Å². The highest BCUT2D eigenvalue weighted by atomic mass is 16.6. The molecule has 0 radical (unpaired) electrons. The number of ketones is 2. The van der Waals surface area contributed by atoms with Crippen LogP contribution in [0.1, 0.15) is 112 Å². The number of benzene rings is 1. The number of nitrogens with one attached hydrogen (secondary N) is 2. The Bertz CT molecular complexity index is 2130. The highest BCUT2D eigenvalue weighted by Gasteiger charge is 2.17. The van der Waals surface area contributed by atoms with E-state index in [1.54, 1.807) is 0 Å². The van der Waals surface area contributed by atoms with Crippen LogP contribution in [-0.4, -0.2) is 126 Å². The first-order chi connectivity index (χ1) is 37.2. The SMILES string of the molecule is CN[C@@H](CCCCNC(=O)C(C)C)C(=O)CCCOCCOCCOCCOCCC(=O)CCCCCOc1cc(CN(Cc2ccccn2)Cc2ccccn2)cc(CN(Cc2ccccn2)Cc2ccccn2)c1. The number of hydrogen-bond donors (Lipinski definition) is 2. The summed E-state index contributed by atoms with van der Waals surface area (Å²) in [5.41, 5.74) is 6.23. The topological polar surface area (TPSA) is 179 Å². The third-order valence-electron chi connectivity index (χ3n) is 12.5. The number of nitrogens with zero attached hydrogens (tertiary/aromatic N) is 6. The summed E-state index contributed by atoms with van der Waals surface area (Å²) >= 11 is 0. The maximum absolute atomic E-state index is 12.7. The first-order valence-corrected chi connectivity index (χ1v) is 27.3. The zero-order valence-corrected chi connectivity index (χ0v) is 45.5. The van der Waals surface area contributed by atoms with Gasteiger partial charge in [-0.15, -0.1) is 0 Å². The normalized spacial score (nSPS) is 11.9. The van der Waals surface area contributed by atoms with E-state index in [0.717, 1.165) is 78.2 Å². The van der Waals surface area contributed by atoms with Gasteiger partial charge in [0.25, 0.3) is 0 Å². The Labute approximate surface area is 452 Å². The van der Waals surface area contributed by atoms with Crippen molar-refractivity contribution in [1.82, 2.24) is 40.4 Å². The average Bonchev–Trinajstić information content (AvgIpc) is 3.42. The van der Waals surface area contributed by atoms with Crippen molar-refractivity contribution in [2.24, 2.45) is 5.92 Å². The molecule has 16 heteroatoms. The van der Waals surface area contributed by atoms with Crippen LogP contribution in [0.25, 0.3) is 0 Å². The van der Waals surface area contributed by atoms with E-state index in [4.69, 9.17) is 23.7 Å². The van der Waals surface area contributed by atoms with Crippen LogP contribution in [0.4, 0.5) is 0 Å². The standard InChI is InChI=1S/C60H84N8O8/c1-49(2)60(71)66-30-15-10-23-58(61-3)59(70)24-17-31-72-34-36-74-38-39-75-37-35-73-33-25-56(69)22-5-4-16-32-76-57-41-50(43-67(45-52-18-6-11-26-62-52)46-53-19-7-12-27-63-53)40-51(42-57)44-68(47-54-20-8-13-28-64-54)48-55-21-9-14-29-65-55/h6-9,11-14,18-21,26-29,40-42,49,58,61H,4-5,10,15-17,22-25,30-39,43-48H2,1-3H3,(H,66,71)/t58-/m0/s1. The number of carbonyl (C=O) groups excluding carboxylic acids is 3. The predicted molar refractivity (Wildman–Crippen MR) is 295 cm³/mol. The van der Waals surface area contributed by atoms with Gasteiger partial charge in [-0.2, -0.15) is 0 Å². The van der Waals surface area contributed by atoms with Crippen molar-refractivity contribution in [3.63, 3.8) is 0 Å². The van der Waals surface area contributed by atoms with Crippen molar-refractivity contribution in [2.45, 2.75) is 123 Å². The number of unbranched alkanes of at least 4 members (excludes halogenated alkanes) is 3. The molecule has 76 heavy (non-hydrogen) atoms. The van der Waals surface area contributed by atoms with Crippen LogP contribution in [0, 0.1) is 5.92 Å². The summed E-state index contributed by atoms with van der Waals surface area (Å²) in [6, 6.07) is 30.5. The molecule has 5 aromatic rings. The Morgan fingerprint density at radius 2 is 0.987 bits per heavy atom. The summed E-state index contributed by atoms with van der Waals surface area (Å²) in [6.45, 7) is 12.4. The van der Waals surface area contributed by atoms with Gasteiger partial charge in [-0.3, -0.25) is 44.1 Å². The van der Waals surface area contributed by atoms with Gasteiger partial charge in [0.15, 0.2) is 0 Å². The largest absolute Gasteiger partial charge is 0.494 e. The summed E-state index contributed by atoms with van der Waals surface area (Å²) in [5, 5.41) is 6.04. The molecule has 1 aromatic carbocycles. The molecule has 16 nitrogen and oxygen atoms in total. The lowest BCUT2D eigenvalue weighted by atomic mass is 10.0. The highest BCUT2D eigenvalue weighted by molar-refractivity contribution is 5.83. The average molecular weight is 1050 g/mol. The number of rotatable bonds is 43. The number of carbonyl (C=O) groups is 3. The molecule has 0 aliphatic carbocycles. The van der Waals surface area contributed by atoms with Crippen LogP contribution < -0.4 is 15.4 Å². The molecule has 4 heterocycles. The number of Topliss-reactive ketones (excluding diaryl/α,β-unsaturated/α-hetero) is 2. The fraction of sp³-hybridized carbons (Fsp3) is 0.517. The first kappa shape index (κ1) is 61.0. The van der Waals surface area contributed by atoms with Gasteiger partial charge in [-0.25, -0.2) is 0 Å². The number of amides is 1. The van der Waals surface area contributed by atoms with E-state index in [-0.39, 0.29) is 29.4 Å². The molecular formula is C60H84N8O8. The van der Waals surface area contributed by atoms with Gasteiger partial charge < -0.3 is 34.3 Å². The van der Waals surface area contributed by atoms with E-state index >= 15 is 0 Å². The van der Waals surface area contributed by atoms with Crippen molar-refractivity contribution < 1.29 is 38.1 Å². The summed E-state index contributed by atoms with van der Waals surface area (Å²) < 4.78 is 29.0. The van der Waals surface area contributed by atoms with Gasteiger partial charge in [-0.05, 0) is 124 Å². The third kappa shape index (κ3) is 26.8. The zero-order chi connectivity index (χ0) is 53.7. The Hall–Kier alpha value is -5.85. The molecule has 0 fully saturated rings. The summed E-state index contributed by atoms with van der Waals surface area (Å²) in [7, 11) is 1.81. The van der Waals surface area contributed by atoms with Gasteiger partial charge in [0.1, 0.15) is 17.3 Å². The molecule has 0 aliphatic heterocycles. The molecule has 0 saturated carbocycles. The van der Waals surface area contributed by atoms with Crippen molar-refractivity contribution in [3.05, 3.63) is 150 Å². The number of aromatic nitrogens is 4. The smallest absolute Gasteiger partial charge is 0.222 e. The summed E-state index contributed by atoms with van der Waals surface area (Å²) in [4.78, 5) is 60.2. The number of ether oxygens (including phenoxy) is 5. The van der Waals surface area contributed by atoms with Crippen LogP contribution in [-0.2, 0) is 72.6 Å². The lowest BCUT2D eigenvalue weighted by molar-refractivity contribution is -0.124. The minimum Gasteiger partial charge on any atom is -0.494 e. The number of likely N-dealkylation sites (N-methyl/N-ethyl adjacent to an activating group) is 1. The Kier molecular flexibility index (Phi) is 30.4. The molecule has 2 N–H and O–H groups in total. The molecule has 0 aliphatic rings. The number of hydrogen-bond acceptors (Lipinski definition) is 15. The van der Waals surface area contributed by atoms with Gasteiger partial charge in [0.2, 0.25) is 5.91 Å². The van der Waals surface area contributed by atoms with Crippen molar-refractivity contribution >= 4 is 17.5 Å². The molecule has 0 saturated heterocycles. The lowest BCUT2D eigenvalue weighted by Gasteiger charge is -2.25. The second kappa shape index (κ2) is 37.8. The van der Waals surface area contributed by atoms with Gasteiger partial charge in [0.05, 0.1) is 81.7 Å². The molecule has 5 rings (SSSR count). The molecule has 412 valence electrons. The van der Waals surface area contributed by atoms with Crippen molar-refractivity contribution in [3.8, 4) is 5.75 Å². The third-order valence-corrected chi connectivity index (χ3v) is 12.5. The molecule has 0 unspecified atom stereocenters. The minimum absolute atomic E-state index is 0.0183. The first-order valence-electron chi connectivity index (χ1n) is 27.3. The van der Waals surface area contributed by atoms with Crippen LogP contribution >= 0.6 is 0 Å². The lowest BCUT2D eigenvalue weighted by Crippen LogP contribution is -2.34. The van der Waals surface area contributed by atoms with Crippen LogP contribution in [0.5, 0.6) is 5.75 Å². The van der Waals surface area contributed by atoms with Crippen LogP contribution in [0.3, 0.4) is 0 Å². The molecule has 0 bridgehead atoms. The van der Waals surface area contributed by atoms with E-state index < -0.39 is 0 Å². The van der Waals surface area contributed by atoms with Gasteiger partial charge in [-0.1, -0.05) is 44.2 Å². The van der Waals surface area contributed by atoms with E-state index in [0.29, 0.717) is 131 Å². The monoisotopic (exact) mass is 1040 g/mol. The molecular weight excluding hydrogens is 961 g/mol. The molecule has 4 aromatic heterocycles. The molecule has 0 spiro atoms. The van der Waals surface area contributed by atoms with Crippen LogP contribution in [0.15, 0.2) is 116 Å². The van der Waals surface area contributed by atoms with E-state index in [2.05, 4.69) is 82.8 Å². The Morgan fingerprint density at radius 1 is 0.500 bits per heavy atom. The molecule has 1 atom stereocenters. The molecule has 1 amide bonds. The fourth-order valence-electron chi connectivity index (χ4n) is 8.47. The van der Waals surface area contributed by atoms with E-state index in [9.17, 15) is 14.4 Å². The maximum atomic E-state index is 12.7. The van der Waals surface area contributed by atoms with Gasteiger partial charge in [0, 0.05) is 102 Å². The maximum Gasteiger partial charge on any atom is 0.222 e. The predicted octanol–water partition coefficient (Wildman–Crippen LogP) is 8.52. The fourth-order valence-corrected chi connectivity index (χ4v) is 8.47. The Morgan fingerprint density at radius 3 is 1.45 bits per heavy atom. The quantitative estimate of drug-likeness (QED) is 0.0355. The zero-order valence-electron chi connectivity index (χ0n) is 45.5. The second-order valence-corrected chi connectivity index (χ2v) is 19.3. The van der Waals surface area contributed by atoms with E-state index in [1.807, 2.05) is 94.2 Å². The van der Waals surface area contributed by atoms with E-state index in [1.165, 1.54) is 0 Å². The summed E-state index contributed by atoms with van der Waals surface area (Å²) in [6.07, 6.45) is 14.4. The van der Waals surface area contributed by atoms with Gasteiger partial charge >= 0.3 is 0 Å². The number of pyridine rings is 4. The van der Waals surface area contributed by atoms with Crippen LogP contribution in [0.2, 0.25) is 0 Å². The highest BCUT2D eigenvalue weighted by Crippen LogP contribution is 2.24.